The molecule has 0 unspecified atom stereocenters. The van der Waals surface area contributed by atoms with E-state index in [1.54, 1.807) is 0 Å². The molecule has 1 N–H and O–H groups in total. The van der Waals surface area contributed by atoms with E-state index in [9.17, 15) is 5.11 Å². The smallest absolute Gasteiger partial charge is 0.0641 e. The monoisotopic (exact) mass is 296 g/mol. The van der Waals surface area contributed by atoms with Crippen molar-refractivity contribution >= 4 is 0 Å². The third-order valence-corrected chi connectivity index (χ3v) is 4.29. The van der Waals surface area contributed by atoms with Crippen LogP contribution in [-0.2, 0) is 18.3 Å². The van der Waals surface area contributed by atoms with Gasteiger partial charge in [-0.05, 0) is 13.8 Å². The maximum Gasteiger partial charge on any atom is 0.0641 e. The number of aryl methyl sites for hydroxylation is 2. The number of rotatable bonds is 7. The number of morpholine rings is 1. The predicted molar refractivity (Wildman–Crippen MR) is 82.3 cm³/mol. The number of aromatic nitrogens is 2. The van der Waals surface area contributed by atoms with E-state index in [2.05, 4.69) is 28.7 Å². The Hall–Kier alpha value is -0.950. The number of aliphatic hydroxyl groups excluding tert-OH is 1. The highest BCUT2D eigenvalue weighted by Crippen LogP contribution is 2.14. The van der Waals surface area contributed by atoms with Crippen LogP contribution in [0.4, 0.5) is 0 Å². The van der Waals surface area contributed by atoms with E-state index in [1.165, 1.54) is 11.3 Å². The minimum Gasteiger partial charge on any atom is -0.395 e. The van der Waals surface area contributed by atoms with E-state index in [0.29, 0.717) is 6.54 Å². The number of hydrogen-bond acceptors (Lipinski definition) is 5. The van der Waals surface area contributed by atoms with Gasteiger partial charge in [0.25, 0.3) is 0 Å². The first-order valence-electron chi connectivity index (χ1n) is 7.74. The Kier molecular flexibility index (Phi) is 6.17. The summed E-state index contributed by atoms with van der Waals surface area (Å²) in [5.41, 5.74) is 3.58. The van der Waals surface area contributed by atoms with Crippen LogP contribution in [0.15, 0.2) is 0 Å². The zero-order valence-electron chi connectivity index (χ0n) is 13.5. The first-order chi connectivity index (χ1) is 10.1. The van der Waals surface area contributed by atoms with Crippen LogP contribution in [0, 0.1) is 13.8 Å². The summed E-state index contributed by atoms with van der Waals surface area (Å²) in [6, 6.07) is 0. The molecule has 0 aromatic carbocycles. The second-order valence-corrected chi connectivity index (χ2v) is 5.73. The molecular weight excluding hydrogens is 268 g/mol. The van der Waals surface area contributed by atoms with Crippen molar-refractivity contribution in [3.63, 3.8) is 0 Å². The highest BCUT2D eigenvalue weighted by Gasteiger charge is 2.16. The Balaban J connectivity index is 1.91. The minimum absolute atomic E-state index is 0.196. The number of nitrogens with zero attached hydrogens (tertiary/aromatic N) is 4. The lowest BCUT2D eigenvalue weighted by atomic mass is 10.2. The van der Waals surface area contributed by atoms with Crippen molar-refractivity contribution < 1.29 is 9.84 Å². The van der Waals surface area contributed by atoms with Crippen molar-refractivity contribution in [1.82, 2.24) is 19.6 Å². The van der Waals surface area contributed by atoms with E-state index in [-0.39, 0.29) is 6.61 Å². The predicted octanol–water partition coefficient (Wildman–Crippen LogP) is 0.163. The zero-order chi connectivity index (χ0) is 15.2. The van der Waals surface area contributed by atoms with Gasteiger partial charge in [0.15, 0.2) is 0 Å². The minimum atomic E-state index is 0.196. The molecule has 2 heterocycles. The highest BCUT2D eigenvalue weighted by atomic mass is 16.5. The Morgan fingerprint density at radius 3 is 2.52 bits per heavy atom. The molecule has 1 saturated heterocycles. The fraction of sp³-hybridized carbons (Fsp3) is 0.800. The van der Waals surface area contributed by atoms with Gasteiger partial charge in [0, 0.05) is 57.6 Å². The van der Waals surface area contributed by atoms with E-state index in [4.69, 9.17) is 4.74 Å². The number of aliphatic hydroxyl groups is 1. The lowest BCUT2D eigenvalue weighted by Crippen LogP contribution is -2.42. The van der Waals surface area contributed by atoms with Crippen LogP contribution < -0.4 is 0 Å². The normalized spacial score (nSPS) is 16.8. The van der Waals surface area contributed by atoms with E-state index in [1.807, 2.05) is 11.7 Å². The van der Waals surface area contributed by atoms with Gasteiger partial charge in [-0.1, -0.05) is 0 Å². The van der Waals surface area contributed by atoms with Gasteiger partial charge in [0.05, 0.1) is 25.5 Å². The fourth-order valence-electron chi connectivity index (χ4n) is 2.79. The van der Waals surface area contributed by atoms with Crippen LogP contribution in [-0.4, -0.2) is 77.2 Å². The van der Waals surface area contributed by atoms with Crippen LogP contribution in [0.2, 0.25) is 0 Å². The Bertz CT molecular complexity index is 441. The molecule has 0 bridgehead atoms. The van der Waals surface area contributed by atoms with Gasteiger partial charge in [0.1, 0.15) is 0 Å². The van der Waals surface area contributed by atoms with Gasteiger partial charge in [-0.2, -0.15) is 5.10 Å². The summed E-state index contributed by atoms with van der Waals surface area (Å²) in [6.07, 6.45) is 0. The molecule has 0 radical (unpaired) electrons. The summed E-state index contributed by atoms with van der Waals surface area (Å²) in [4.78, 5) is 4.74. The van der Waals surface area contributed by atoms with Crippen LogP contribution in [0.1, 0.15) is 17.0 Å². The second-order valence-electron chi connectivity index (χ2n) is 5.73. The molecule has 1 aromatic heterocycles. The lowest BCUT2D eigenvalue weighted by molar-refractivity contribution is 0.0320. The largest absolute Gasteiger partial charge is 0.395 e. The molecule has 21 heavy (non-hydrogen) atoms. The summed E-state index contributed by atoms with van der Waals surface area (Å²) >= 11 is 0. The van der Waals surface area contributed by atoms with Crippen molar-refractivity contribution in [2.75, 3.05) is 52.5 Å². The standard InChI is InChI=1S/C15H28N4O2/c1-13-15(14(2)17(3)16-13)12-19(6-9-20)5-4-18-7-10-21-11-8-18/h20H,4-12H2,1-3H3. The summed E-state index contributed by atoms with van der Waals surface area (Å²) in [5.74, 6) is 0. The average molecular weight is 296 g/mol. The van der Waals surface area contributed by atoms with Crippen molar-refractivity contribution in [3.8, 4) is 0 Å². The molecular formula is C15H28N4O2. The highest BCUT2D eigenvalue weighted by molar-refractivity contribution is 5.24. The molecule has 0 saturated carbocycles. The van der Waals surface area contributed by atoms with E-state index >= 15 is 0 Å². The van der Waals surface area contributed by atoms with E-state index < -0.39 is 0 Å². The van der Waals surface area contributed by atoms with Crippen LogP contribution in [0.5, 0.6) is 0 Å². The fourth-order valence-corrected chi connectivity index (χ4v) is 2.79. The molecule has 1 fully saturated rings. The molecule has 0 aliphatic carbocycles. The molecule has 1 aromatic rings. The van der Waals surface area contributed by atoms with Gasteiger partial charge >= 0.3 is 0 Å². The summed E-state index contributed by atoms with van der Waals surface area (Å²) < 4.78 is 7.31. The van der Waals surface area contributed by atoms with Gasteiger partial charge in [0.2, 0.25) is 0 Å². The maximum absolute atomic E-state index is 9.30. The molecule has 1 aliphatic rings. The first-order valence-corrected chi connectivity index (χ1v) is 7.74. The molecule has 6 nitrogen and oxygen atoms in total. The molecule has 1 aliphatic heterocycles. The van der Waals surface area contributed by atoms with E-state index in [0.717, 1.165) is 51.6 Å². The number of hydrogen-bond donors (Lipinski definition) is 1. The SMILES string of the molecule is Cc1nn(C)c(C)c1CN(CCO)CCN1CCOCC1. The zero-order valence-corrected chi connectivity index (χ0v) is 13.5. The van der Waals surface area contributed by atoms with Crippen molar-refractivity contribution in [2.45, 2.75) is 20.4 Å². The third-order valence-electron chi connectivity index (χ3n) is 4.29. The molecule has 6 heteroatoms. The molecule has 0 amide bonds. The van der Waals surface area contributed by atoms with Crippen LogP contribution in [0.25, 0.3) is 0 Å². The van der Waals surface area contributed by atoms with Gasteiger partial charge in [-0.3, -0.25) is 14.5 Å². The molecule has 0 atom stereocenters. The lowest BCUT2D eigenvalue weighted by Gasteiger charge is -2.29. The summed E-state index contributed by atoms with van der Waals surface area (Å²) in [7, 11) is 1.98. The summed E-state index contributed by atoms with van der Waals surface area (Å²) in [6.45, 7) is 11.6. The van der Waals surface area contributed by atoms with Crippen molar-refractivity contribution in [3.05, 3.63) is 17.0 Å². The van der Waals surface area contributed by atoms with Gasteiger partial charge < -0.3 is 9.84 Å². The van der Waals surface area contributed by atoms with Crippen LogP contribution >= 0.6 is 0 Å². The number of ether oxygens (including phenoxy) is 1. The molecule has 2 rings (SSSR count). The maximum atomic E-state index is 9.30. The quantitative estimate of drug-likeness (QED) is 0.777. The Morgan fingerprint density at radius 1 is 1.24 bits per heavy atom. The molecule has 120 valence electrons. The van der Waals surface area contributed by atoms with Crippen molar-refractivity contribution in [2.24, 2.45) is 7.05 Å². The van der Waals surface area contributed by atoms with Gasteiger partial charge in [-0.15, -0.1) is 0 Å². The average Bonchev–Trinajstić information content (AvgIpc) is 2.72. The first kappa shape index (κ1) is 16.4. The third kappa shape index (κ3) is 4.51. The Labute approximate surface area is 127 Å². The van der Waals surface area contributed by atoms with Crippen molar-refractivity contribution in [1.29, 1.82) is 0 Å². The summed E-state index contributed by atoms with van der Waals surface area (Å²) in [5, 5.41) is 13.8. The topological polar surface area (TPSA) is 53.8 Å². The second kappa shape index (κ2) is 7.89. The Morgan fingerprint density at radius 2 is 1.95 bits per heavy atom. The molecule has 0 spiro atoms. The van der Waals surface area contributed by atoms with Gasteiger partial charge in [-0.25, -0.2) is 0 Å². The van der Waals surface area contributed by atoms with Crippen LogP contribution in [0.3, 0.4) is 0 Å².